The van der Waals surface area contributed by atoms with Gasteiger partial charge >= 0.3 is 0 Å². The zero-order valence-electron chi connectivity index (χ0n) is 13.1. The van der Waals surface area contributed by atoms with Crippen LogP contribution in [0.15, 0.2) is 42.1 Å². The minimum atomic E-state index is 0.342. The molecule has 0 bridgehead atoms. The molecule has 124 valence electrons. The predicted octanol–water partition coefficient (Wildman–Crippen LogP) is 3.83. The number of thioether (sulfide) groups is 1. The molecule has 0 aliphatic rings. The topological polar surface area (TPSA) is 49.2 Å². The molecule has 2 aromatic rings. The quantitative estimate of drug-likeness (QED) is 0.369. The second kappa shape index (κ2) is 9.60. The summed E-state index contributed by atoms with van der Waals surface area (Å²) < 4.78 is 13.1. The van der Waals surface area contributed by atoms with Crippen molar-refractivity contribution in [3.8, 4) is 5.75 Å². The molecule has 0 saturated heterocycles. The number of nitrogens with zero attached hydrogens (tertiary/aromatic N) is 3. The number of hydrogen-bond acceptors (Lipinski definition) is 5. The summed E-state index contributed by atoms with van der Waals surface area (Å²) in [6.07, 6.45) is 1.82. The standard InChI is InChI=1S/C16H20ClN3O2S/c1-3-9-20-15(12-22-14-7-5-13(17)6-8-14)18-19-16(20)23-11-10-21-4-2/h3,5-8H,1,4,9-12H2,2H3. The van der Waals surface area contributed by atoms with Gasteiger partial charge in [0.1, 0.15) is 12.4 Å². The normalized spacial score (nSPS) is 10.7. The van der Waals surface area contributed by atoms with Crippen molar-refractivity contribution in [3.05, 3.63) is 47.8 Å². The molecule has 0 saturated carbocycles. The first-order valence-corrected chi connectivity index (χ1v) is 8.72. The lowest BCUT2D eigenvalue weighted by Gasteiger charge is -2.09. The lowest BCUT2D eigenvalue weighted by molar-refractivity contribution is 0.164. The number of halogens is 1. The summed E-state index contributed by atoms with van der Waals surface area (Å²) in [5, 5.41) is 9.98. The van der Waals surface area contributed by atoms with Crippen LogP contribution in [0.3, 0.4) is 0 Å². The number of rotatable bonds is 10. The fraction of sp³-hybridized carbons (Fsp3) is 0.375. The average Bonchev–Trinajstić information content (AvgIpc) is 2.94. The lowest BCUT2D eigenvalue weighted by atomic mass is 10.3. The van der Waals surface area contributed by atoms with E-state index in [0.717, 1.165) is 29.1 Å². The van der Waals surface area contributed by atoms with E-state index in [-0.39, 0.29) is 0 Å². The monoisotopic (exact) mass is 353 g/mol. The highest BCUT2D eigenvalue weighted by molar-refractivity contribution is 7.99. The Morgan fingerprint density at radius 3 is 2.78 bits per heavy atom. The molecular weight excluding hydrogens is 334 g/mol. The van der Waals surface area contributed by atoms with Crippen LogP contribution in [0.2, 0.25) is 5.02 Å². The van der Waals surface area contributed by atoms with Crippen LogP contribution >= 0.6 is 23.4 Å². The van der Waals surface area contributed by atoms with Crippen molar-refractivity contribution in [3.63, 3.8) is 0 Å². The lowest BCUT2D eigenvalue weighted by Crippen LogP contribution is -2.08. The molecule has 0 amide bonds. The van der Waals surface area contributed by atoms with Crippen LogP contribution in [0.4, 0.5) is 0 Å². The van der Waals surface area contributed by atoms with Crippen molar-refractivity contribution in [1.82, 2.24) is 14.8 Å². The Morgan fingerprint density at radius 1 is 1.30 bits per heavy atom. The molecule has 1 heterocycles. The fourth-order valence-electron chi connectivity index (χ4n) is 1.86. The summed E-state index contributed by atoms with van der Waals surface area (Å²) in [6, 6.07) is 7.24. The Bertz CT molecular complexity index is 616. The third-order valence-corrected chi connectivity index (χ3v) is 4.13. The minimum Gasteiger partial charge on any atom is -0.486 e. The van der Waals surface area contributed by atoms with Gasteiger partial charge in [0.05, 0.1) is 6.61 Å². The van der Waals surface area contributed by atoms with Gasteiger partial charge in [0.15, 0.2) is 11.0 Å². The molecule has 0 radical (unpaired) electrons. The first kappa shape index (κ1) is 17.8. The van der Waals surface area contributed by atoms with Crippen molar-refractivity contribution < 1.29 is 9.47 Å². The van der Waals surface area contributed by atoms with Crippen LogP contribution < -0.4 is 4.74 Å². The first-order chi connectivity index (χ1) is 11.2. The van der Waals surface area contributed by atoms with Crippen LogP contribution in [0.1, 0.15) is 12.7 Å². The van der Waals surface area contributed by atoms with E-state index in [0.29, 0.717) is 24.8 Å². The van der Waals surface area contributed by atoms with Gasteiger partial charge in [0, 0.05) is 23.9 Å². The smallest absolute Gasteiger partial charge is 0.191 e. The van der Waals surface area contributed by atoms with E-state index >= 15 is 0 Å². The van der Waals surface area contributed by atoms with Gasteiger partial charge in [-0.25, -0.2) is 0 Å². The van der Waals surface area contributed by atoms with E-state index in [4.69, 9.17) is 21.1 Å². The van der Waals surface area contributed by atoms with Gasteiger partial charge < -0.3 is 9.47 Å². The van der Waals surface area contributed by atoms with E-state index in [2.05, 4.69) is 16.8 Å². The highest BCUT2D eigenvalue weighted by Crippen LogP contribution is 2.20. The third kappa shape index (κ3) is 5.57. The zero-order valence-corrected chi connectivity index (χ0v) is 14.6. The van der Waals surface area contributed by atoms with E-state index < -0.39 is 0 Å². The maximum atomic E-state index is 5.86. The first-order valence-electron chi connectivity index (χ1n) is 7.36. The van der Waals surface area contributed by atoms with Crippen molar-refractivity contribution in [1.29, 1.82) is 0 Å². The molecule has 0 unspecified atom stereocenters. The molecule has 5 nitrogen and oxygen atoms in total. The van der Waals surface area contributed by atoms with Crippen LogP contribution in [0, 0.1) is 0 Å². The summed E-state index contributed by atoms with van der Waals surface area (Å²) in [6.45, 7) is 8.17. The highest BCUT2D eigenvalue weighted by atomic mass is 35.5. The van der Waals surface area contributed by atoms with Gasteiger partial charge in [-0.15, -0.1) is 16.8 Å². The molecule has 1 aromatic heterocycles. The van der Waals surface area contributed by atoms with Crippen LogP contribution in [-0.2, 0) is 17.9 Å². The number of allylic oxidation sites excluding steroid dienone is 1. The van der Waals surface area contributed by atoms with Crippen molar-refractivity contribution in [2.75, 3.05) is 19.0 Å². The zero-order chi connectivity index (χ0) is 16.5. The van der Waals surface area contributed by atoms with Gasteiger partial charge in [-0.3, -0.25) is 4.57 Å². The van der Waals surface area contributed by atoms with Crippen LogP contribution in [0.5, 0.6) is 5.75 Å². The Hall–Kier alpha value is -1.50. The number of hydrogen-bond donors (Lipinski definition) is 0. The van der Waals surface area contributed by atoms with Crippen molar-refractivity contribution >= 4 is 23.4 Å². The summed E-state index contributed by atoms with van der Waals surface area (Å²) in [7, 11) is 0. The summed E-state index contributed by atoms with van der Waals surface area (Å²) in [5.41, 5.74) is 0. The minimum absolute atomic E-state index is 0.342. The Labute approximate surface area is 145 Å². The third-order valence-electron chi connectivity index (χ3n) is 2.95. The SMILES string of the molecule is C=CCn1c(COc2ccc(Cl)cc2)nnc1SCCOCC. The van der Waals surface area contributed by atoms with E-state index in [1.54, 1.807) is 23.9 Å². The second-order valence-corrected chi connectivity index (χ2v) is 6.08. The largest absolute Gasteiger partial charge is 0.486 e. The molecule has 0 aliphatic heterocycles. The maximum absolute atomic E-state index is 5.86. The van der Waals surface area contributed by atoms with E-state index in [1.807, 2.05) is 29.7 Å². The molecule has 23 heavy (non-hydrogen) atoms. The Kier molecular flexibility index (Phi) is 7.45. The number of benzene rings is 1. The Morgan fingerprint density at radius 2 is 2.09 bits per heavy atom. The molecule has 1 aromatic carbocycles. The van der Waals surface area contributed by atoms with Gasteiger partial charge in [-0.05, 0) is 31.2 Å². The molecule has 0 aliphatic carbocycles. The van der Waals surface area contributed by atoms with Crippen molar-refractivity contribution in [2.45, 2.75) is 25.2 Å². The molecule has 2 rings (SSSR count). The van der Waals surface area contributed by atoms with Gasteiger partial charge in [0.25, 0.3) is 0 Å². The fourth-order valence-corrected chi connectivity index (χ4v) is 2.80. The molecule has 0 N–H and O–H groups in total. The summed E-state index contributed by atoms with van der Waals surface area (Å²) in [4.78, 5) is 0. The Balaban J connectivity index is 1.98. The number of ether oxygens (including phenoxy) is 2. The molecule has 0 spiro atoms. The van der Waals surface area contributed by atoms with E-state index in [9.17, 15) is 0 Å². The molecule has 0 atom stereocenters. The summed E-state index contributed by atoms with van der Waals surface area (Å²) >= 11 is 7.48. The molecular formula is C16H20ClN3O2S. The van der Waals surface area contributed by atoms with Gasteiger partial charge in [-0.1, -0.05) is 29.4 Å². The van der Waals surface area contributed by atoms with E-state index in [1.165, 1.54) is 0 Å². The second-order valence-electron chi connectivity index (χ2n) is 4.59. The summed E-state index contributed by atoms with van der Waals surface area (Å²) in [5.74, 6) is 2.34. The molecule has 7 heteroatoms. The number of aromatic nitrogens is 3. The van der Waals surface area contributed by atoms with Gasteiger partial charge in [-0.2, -0.15) is 0 Å². The van der Waals surface area contributed by atoms with Crippen LogP contribution in [0.25, 0.3) is 0 Å². The van der Waals surface area contributed by atoms with Gasteiger partial charge in [0.2, 0.25) is 0 Å². The average molecular weight is 354 g/mol. The van der Waals surface area contributed by atoms with Crippen LogP contribution in [-0.4, -0.2) is 33.7 Å². The maximum Gasteiger partial charge on any atom is 0.191 e. The molecule has 0 fully saturated rings. The van der Waals surface area contributed by atoms with Crippen molar-refractivity contribution in [2.24, 2.45) is 0 Å². The highest BCUT2D eigenvalue weighted by Gasteiger charge is 2.12. The predicted molar refractivity (Wildman–Crippen MR) is 93.2 cm³/mol.